The predicted molar refractivity (Wildman–Crippen MR) is 77.4 cm³/mol. The van der Waals surface area contributed by atoms with Crippen molar-refractivity contribution in [2.24, 2.45) is 11.1 Å². The van der Waals surface area contributed by atoms with Gasteiger partial charge in [-0.05, 0) is 50.3 Å². The molecule has 0 aliphatic heterocycles. The summed E-state index contributed by atoms with van der Waals surface area (Å²) in [6.45, 7) is 8.58. The molecule has 0 bridgehead atoms. The quantitative estimate of drug-likeness (QED) is 0.865. The highest BCUT2D eigenvalue weighted by molar-refractivity contribution is 5.26. The largest absolute Gasteiger partial charge is 0.329 e. The number of nitrogens with two attached hydrogens (primary N) is 1. The summed E-state index contributed by atoms with van der Waals surface area (Å²) in [5.41, 5.74) is 9.36. The highest BCUT2D eigenvalue weighted by Crippen LogP contribution is 2.55. The van der Waals surface area contributed by atoms with Gasteiger partial charge in [-0.1, -0.05) is 31.2 Å². The molecule has 1 aromatic rings. The Morgan fingerprint density at radius 2 is 1.94 bits per heavy atom. The zero-order chi connectivity index (χ0) is 13.4. The second kappa shape index (κ2) is 4.67. The molecule has 1 aliphatic rings. The van der Waals surface area contributed by atoms with Gasteiger partial charge in [-0.15, -0.1) is 0 Å². The van der Waals surface area contributed by atoms with E-state index in [-0.39, 0.29) is 5.54 Å². The predicted octanol–water partition coefficient (Wildman–Crippen LogP) is 2.94. The maximum Gasteiger partial charge on any atom is 0.0357 e. The van der Waals surface area contributed by atoms with E-state index in [1.165, 1.54) is 24.0 Å². The van der Waals surface area contributed by atoms with Gasteiger partial charge < -0.3 is 5.73 Å². The summed E-state index contributed by atoms with van der Waals surface area (Å²) in [4.78, 5) is 2.45. The zero-order valence-corrected chi connectivity index (χ0v) is 12.2. The Morgan fingerprint density at radius 3 is 2.44 bits per heavy atom. The maximum absolute atomic E-state index is 6.08. The molecule has 1 aromatic carbocycles. The van der Waals surface area contributed by atoms with Crippen LogP contribution >= 0.6 is 0 Å². The lowest BCUT2D eigenvalue weighted by atomic mass is 9.82. The minimum atomic E-state index is 0.106. The van der Waals surface area contributed by atoms with E-state index in [2.05, 4.69) is 57.0 Å². The number of likely N-dealkylation sites (N-methyl/N-ethyl adjacent to an activating group) is 1. The van der Waals surface area contributed by atoms with Gasteiger partial charge in [0.05, 0.1) is 0 Å². The molecule has 1 saturated carbocycles. The summed E-state index contributed by atoms with van der Waals surface area (Å²) < 4.78 is 0. The zero-order valence-electron chi connectivity index (χ0n) is 12.2. The second-order valence-corrected chi connectivity index (χ2v) is 6.32. The third-order valence-corrected chi connectivity index (χ3v) is 5.21. The second-order valence-electron chi connectivity index (χ2n) is 6.32. The molecule has 1 unspecified atom stereocenters. The molecule has 0 aromatic heterocycles. The molecule has 0 amide bonds. The molecule has 2 nitrogen and oxygen atoms in total. The van der Waals surface area contributed by atoms with E-state index in [1.54, 1.807) is 0 Å². The maximum atomic E-state index is 6.08. The van der Waals surface area contributed by atoms with Crippen molar-refractivity contribution in [3.63, 3.8) is 0 Å². The van der Waals surface area contributed by atoms with E-state index >= 15 is 0 Å². The van der Waals surface area contributed by atoms with E-state index in [0.717, 1.165) is 13.1 Å². The van der Waals surface area contributed by atoms with E-state index in [4.69, 9.17) is 5.73 Å². The van der Waals surface area contributed by atoms with Crippen LogP contribution in [0.1, 0.15) is 37.8 Å². The molecule has 1 atom stereocenters. The average molecular weight is 246 g/mol. The van der Waals surface area contributed by atoms with Crippen molar-refractivity contribution in [1.82, 2.24) is 4.90 Å². The van der Waals surface area contributed by atoms with Crippen LogP contribution in [0, 0.1) is 12.3 Å². The summed E-state index contributed by atoms with van der Waals surface area (Å²) >= 11 is 0. The fraction of sp³-hybridized carbons (Fsp3) is 0.625. The van der Waals surface area contributed by atoms with Gasteiger partial charge in [-0.2, -0.15) is 0 Å². The number of hydrogen-bond acceptors (Lipinski definition) is 2. The molecule has 0 saturated heterocycles. The highest BCUT2D eigenvalue weighted by Gasteiger charge is 2.54. The molecule has 0 radical (unpaired) electrons. The van der Waals surface area contributed by atoms with Gasteiger partial charge >= 0.3 is 0 Å². The highest BCUT2D eigenvalue weighted by atomic mass is 15.2. The Kier molecular flexibility index (Phi) is 3.52. The van der Waals surface area contributed by atoms with Gasteiger partial charge in [-0.25, -0.2) is 0 Å². The summed E-state index contributed by atoms with van der Waals surface area (Å²) in [7, 11) is 2.21. The third-order valence-electron chi connectivity index (χ3n) is 5.21. The van der Waals surface area contributed by atoms with Crippen LogP contribution in [0.3, 0.4) is 0 Å². The molecule has 2 heteroatoms. The lowest BCUT2D eigenvalue weighted by Crippen LogP contribution is -2.55. The van der Waals surface area contributed by atoms with Crippen molar-refractivity contribution in [1.29, 1.82) is 0 Å². The summed E-state index contributed by atoms with van der Waals surface area (Å²) in [5.74, 6) is 0. The van der Waals surface area contributed by atoms with E-state index in [9.17, 15) is 0 Å². The number of hydrogen-bond donors (Lipinski definition) is 1. The number of nitrogens with zero attached hydrogens (tertiary/aromatic N) is 1. The molecule has 1 aliphatic carbocycles. The number of rotatable bonds is 5. The Balaban J connectivity index is 2.16. The summed E-state index contributed by atoms with van der Waals surface area (Å²) in [6, 6.07) is 8.62. The molecule has 2 N–H and O–H groups in total. The van der Waals surface area contributed by atoms with Crippen LogP contribution in [0.2, 0.25) is 0 Å². The normalized spacial score (nSPS) is 20.8. The fourth-order valence-electron chi connectivity index (χ4n) is 2.81. The molecule has 18 heavy (non-hydrogen) atoms. The Bertz CT molecular complexity index is 423. The van der Waals surface area contributed by atoms with Crippen LogP contribution in [0.5, 0.6) is 0 Å². The molecule has 0 heterocycles. The van der Waals surface area contributed by atoms with E-state index in [0.29, 0.717) is 5.41 Å². The van der Waals surface area contributed by atoms with Crippen molar-refractivity contribution < 1.29 is 0 Å². The van der Waals surface area contributed by atoms with Gasteiger partial charge in [0, 0.05) is 18.6 Å². The lowest BCUT2D eigenvalue weighted by molar-refractivity contribution is 0.0658. The van der Waals surface area contributed by atoms with Crippen molar-refractivity contribution in [2.75, 3.05) is 13.6 Å². The van der Waals surface area contributed by atoms with Crippen LogP contribution in [0.15, 0.2) is 24.3 Å². The van der Waals surface area contributed by atoms with Crippen LogP contribution in [0.25, 0.3) is 0 Å². The van der Waals surface area contributed by atoms with Gasteiger partial charge in [0.2, 0.25) is 0 Å². The standard InChI is InChI=1S/C16H26N2/c1-13-7-5-6-8-14(13)11-18(4)16(3,12-17)15(2)9-10-15/h5-8H,9-12,17H2,1-4H3. The summed E-state index contributed by atoms with van der Waals surface area (Å²) in [6.07, 6.45) is 2.61. The number of aryl methyl sites for hydroxylation is 1. The minimum absolute atomic E-state index is 0.106. The monoisotopic (exact) mass is 246 g/mol. The first-order valence-corrected chi connectivity index (χ1v) is 6.89. The van der Waals surface area contributed by atoms with E-state index in [1.807, 2.05) is 0 Å². The molecular formula is C16H26N2. The van der Waals surface area contributed by atoms with Crippen LogP contribution in [0.4, 0.5) is 0 Å². The first-order valence-electron chi connectivity index (χ1n) is 6.89. The van der Waals surface area contributed by atoms with E-state index < -0.39 is 0 Å². The number of benzene rings is 1. The Morgan fingerprint density at radius 1 is 1.33 bits per heavy atom. The van der Waals surface area contributed by atoms with Crippen molar-refractivity contribution in [3.8, 4) is 0 Å². The van der Waals surface area contributed by atoms with Crippen molar-refractivity contribution in [2.45, 2.75) is 45.7 Å². The topological polar surface area (TPSA) is 29.3 Å². The van der Waals surface area contributed by atoms with Gasteiger partial charge in [-0.3, -0.25) is 4.90 Å². The molecule has 0 spiro atoms. The van der Waals surface area contributed by atoms with Crippen LogP contribution in [-0.4, -0.2) is 24.0 Å². The molecule has 1 fully saturated rings. The van der Waals surface area contributed by atoms with Gasteiger partial charge in [0.1, 0.15) is 0 Å². The van der Waals surface area contributed by atoms with Gasteiger partial charge in [0.15, 0.2) is 0 Å². The van der Waals surface area contributed by atoms with Gasteiger partial charge in [0.25, 0.3) is 0 Å². The smallest absolute Gasteiger partial charge is 0.0357 e. The fourth-order valence-corrected chi connectivity index (χ4v) is 2.81. The summed E-state index contributed by atoms with van der Waals surface area (Å²) in [5, 5.41) is 0. The van der Waals surface area contributed by atoms with Crippen molar-refractivity contribution in [3.05, 3.63) is 35.4 Å². The minimum Gasteiger partial charge on any atom is -0.329 e. The first-order chi connectivity index (χ1) is 8.43. The SMILES string of the molecule is Cc1ccccc1CN(C)C(C)(CN)C1(C)CC1. The van der Waals surface area contributed by atoms with Crippen LogP contribution < -0.4 is 5.73 Å². The molecular weight excluding hydrogens is 220 g/mol. The Hall–Kier alpha value is -0.860. The first kappa shape index (κ1) is 13.6. The molecule has 100 valence electrons. The lowest BCUT2D eigenvalue weighted by Gasteiger charge is -2.44. The average Bonchev–Trinajstić information content (AvgIpc) is 3.10. The molecule has 2 rings (SSSR count). The van der Waals surface area contributed by atoms with Crippen molar-refractivity contribution >= 4 is 0 Å². The van der Waals surface area contributed by atoms with Crippen LogP contribution in [-0.2, 0) is 6.54 Å². The third kappa shape index (κ3) is 2.19. The Labute approximate surface area is 111 Å².